The van der Waals surface area contributed by atoms with Gasteiger partial charge in [0.1, 0.15) is 12.1 Å². The number of quaternary nitrogens is 1. The maximum absolute atomic E-state index is 11.9. The van der Waals surface area contributed by atoms with Gasteiger partial charge >= 0.3 is 11.6 Å². The summed E-state index contributed by atoms with van der Waals surface area (Å²) in [5.74, 6) is -0.0482. The molecule has 3 rings (SSSR count). The van der Waals surface area contributed by atoms with Crippen molar-refractivity contribution in [3.8, 4) is 0 Å². The van der Waals surface area contributed by atoms with Crippen LogP contribution in [0.5, 0.6) is 0 Å². The van der Waals surface area contributed by atoms with Crippen LogP contribution in [-0.2, 0) is 22.5 Å². The number of hydrogen-bond acceptors (Lipinski definition) is 4. The summed E-state index contributed by atoms with van der Waals surface area (Å²) in [6.07, 6.45) is 2.63. The van der Waals surface area contributed by atoms with Gasteiger partial charge in [-0.3, -0.25) is 4.79 Å². The van der Waals surface area contributed by atoms with Gasteiger partial charge in [0.25, 0.3) is 0 Å². The number of esters is 1. The van der Waals surface area contributed by atoms with Crippen LogP contribution in [0.2, 0.25) is 0 Å². The summed E-state index contributed by atoms with van der Waals surface area (Å²) in [5, 5.41) is 1.03. The third-order valence-corrected chi connectivity index (χ3v) is 5.05. The lowest BCUT2D eigenvalue weighted by atomic mass is 9.96. The van der Waals surface area contributed by atoms with E-state index in [4.69, 9.17) is 9.15 Å². The molecule has 0 aliphatic carbocycles. The van der Waals surface area contributed by atoms with Crippen LogP contribution < -0.4 is 10.5 Å². The Bertz CT molecular complexity index is 803. The summed E-state index contributed by atoms with van der Waals surface area (Å²) in [5.41, 5.74) is 2.62. The zero-order valence-electron chi connectivity index (χ0n) is 15.0. The van der Waals surface area contributed by atoms with Crippen molar-refractivity contribution in [1.29, 1.82) is 0 Å². The second-order valence-corrected chi connectivity index (χ2v) is 6.73. The van der Waals surface area contributed by atoms with Gasteiger partial charge in [-0.25, -0.2) is 4.79 Å². The molecule has 0 atom stereocenters. The lowest BCUT2D eigenvalue weighted by molar-refractivity contribution is -0.919. The molecule has 134 valence electrons. The van der Waals surface area contributed by atoms with Gasteiger partial charge in [0.2, 0.25) is 0 Å². The summed E-state index contributed by atoms with van der Waals surface area (Å²) in [7, 11) is 0. The minimum Gasteiger partial charge on any atom is -0.466 e. The first-order valence-corrected chi connectivity index (χ1v) is 9.16. The molecule has 0 amide bonds. The minimum atomic E-state index is -0.299. The highest BCUT2D eigenvalue weighted by molar-refractivity contribution is 5.80. The summed E-state index contributed by atoms with van der Waals surface area (Å²) in [6.45, 7) is 7.01. The van der Waals surface area contributed by atoms with Gasteiger partial charge in [0.05, 0.1) is 25.6 Å². The lowest BCUT2D eigenvalue weighted by Crippen LogP contribution is -3.11. The van der Waals surface area contributed by atoms with Crippen molar-refractivity contribution in [2.75, 3.05) is 19.7 Å². The van der Waals surface area contributed by atoms with Crippen LogP contribution in [0, 0.1) is 5.92 Å². The van der Waals surface area contributed by atoms with Gasteiger partial charge in [-0.15, -0.1) is 0 Å². The van der Waals surface area contributed by atoms with Gasteiger partial charge < -0.3 is 14.1 Å². The number of ether oxygens (including phenoxy) is 1. The number of carbonyl (C=O) groups is 1. The molecule has 2 heterocycles. The van der Waals surface area contributed by atoms with Gasteiger partial charge in [-0.1, -0.05) is 13.0 Å². The highest BCUT2D eigenvalue weighted by Crippen LogP contribution is 2.19. The van der Waals surface area contributed by atoms with Crippen molar-refractivity contribution in [2.45, 2.75) is 39.7 Å². The van der Waals surface area contributed by atoms with E-state index in [2.05, 4.69) is 13.0 Å². The molecule has 25 heavy (non-hydrogen) atoms. The molecule has 2 aromatic rings. The van der Waals surface area contributed by atoms with Crippen LogP contribution in [-0.4, -0.2) is 25.7 Å². The van der Waals surface area contributed by atoms with Gasteiger partial charge in [-0.2, -0.15) is 0 Å². The summed E-state index contributed by atoms with van der Waals surface area (Å²) < 4.78 is 10.5. The average Bonchev–Trinajstić information content (AvgIpc) is 2.62. The van der Waals surface area contributed by atoms with E-state index in [9.17, 15) is 9.59 Å². The molecule has 0 bridgehead atoms. The molecule has 1 aromatic carbocycles. The van der Waals surface area contributed by atoms with Crippen molar-refractivity contribution in [2.24, 2.45) is 5.92 Å². The molecular weight excluding hydrogens is 318 g/mol. The maximum Gasteiger partial charge on any atom is 0.336 e. The predicted octanol–water partition coefficient (Wildman–Crippen LogP) is 1.71. The second-order valence-electron chi connectivity index (χ2n) is 6.73. The molecular formula is C20H26NO4+. The standard InChI is InChI=1S/C20H25NO4/c1-3-14-5-6-18-17(11-14)16(12-19(22)25-18)13-21-9-7-15(8-10-21)20(23)24-4-2/h5-6,11-12,15H,3-4,7-10,13H2,1-2H3/p+1. The van der Waals surface area contributed by atoms with E-state index in [1.54, 1.807) is 6.07 Å². The third-order valence-electron chi connectivity index (χ3n) is 5.05. The molecule has 1 aromatic heterocycles. The van der Waals surface area contributed by atoms with Crippen LogP contribution in [0.1, 0.15) is 37.8 Å². The van der Waals surface area contributed by atoms with E-state index in [0.717, 1.165) is 49.8 Å². The fraction of sp³-hybridized carbons (Fsp3) is 0.500. The Balaban J connectivity index is 1.75. The highest BCUT2D eigenvalue weighted by atomic mass is 16.5. The van der Waals surface area contributed by atoms with E-state index in [0.29, 0.717) is 12.2 Å². The number of nitrogens with one attached hydrogen (secondary N) is 1. The molecule has 0 unspecified atom stereocenters. The zero-order valence-corrected chi connectivity index (χ0v) is 15.0. The number of fused-ring (bicyclic) bond motifs is 1. The van der Waals surface area contributed by atoms with Crippen molar-refractivity contribution in [3.63, 3.8) is 0 Å². The monoisotopic (exact) mass is 344 g/mol. The number of hydrogen-bond donors (Lipinski definition) is 1. The summed E-state index contributed by atoms with van der Waals surface area (Å²) >= 11 is 0. The Labute approximate surface area is 147 Å². The van der Waals surface area contributed by atoms with E-state index in [1.165, 1.54) is 10.5 Å². The van der Waals surface area contributed by atoms with Crippen molar-refractivity contribution in [1.82, 2.24) is 0 Å². The van der Waals surface area contributed by atoms with Crippen LogP contribution in [0.15, 0.2) is 33.5 Å². The maximum atomic E-state index is 11.9. The van der Waals surface area contributed by atoms with Crippen LogP contribution in [0.3, 0.4) is 0 Å². The molecule has 1 fully saturated rings. The Hall–Kier alpha value is -2.14. The van der Waals surface area contributed by atoms with Crippen molar-refractivity contribution in [3.05, 3.63) is 45.8 Å². The Morgan fingerprint density at radius 2 is 2.00 bits per heavy atom. The molecule has 1 N–H and O–H groups in total. The van der Waals surface area contributed by atoms with Gasteiger partial charge in [-0.05, 0) is 31.0 Å². The Morgan fingerprint density at radius 3 is 2.68 bits per heavy atom. The first-order valence-electron chi connectivity index (χ1n) is 9.16. The molecule has 0 spiro atoms. The SMILES string of the molecule is CCOC(=O)C1CC[NH+](Cc2cc(=O)oc3ccc(CC)cc23)CC1. The molecule has 0 radical (unpaired) electrons. The first kappa shape index (κ1) is 17.7. The molecule has 0 saturated carbocycles. The first-order chi connectivity index (χ1) is 12.1. The third kappa shape index (κ3) is 4.10. The van der Waals surface area contributed by atoms with Crippen molar-refractivity contribution < 1.29 is 18.8 Å². The molecule has 5 heteroatoms. The number of rotatable bonds is 5. The fourth-order valence-corrected chi connectivity index (χ4v) is 3.61. The molecule has 5 nitrogen and oxygen atoms in total. The van der Waals surface area contributed by atoms with Crippen LogP contribution >= 0.6 is 0 Å². The van der Waals surface area contributed by atoms with Gasteiger partial charge in [0, 0.05) is 29.9 Å². The number of carbonyl (C=O) groups excluding carboxylic acids is 1. The predicted molar refractivity (Wildman–Crippen MR) is 95.6 cm³/mol. The lowest BCUT2D eigenvalue weighted by Gasteiger charge is -2.28. The summed E-state index contributed by atoms with van der Waals surface area (Å²) in [4.78, 5) is 25.1. The van der Waals surface area contributed by atoms with Crippen molar-refractivity contribution >= 4 is 16.9 Å². The number of benzene rings is 1. The highest BCUT2D eigenvalue weighted by Gasteiger charge is 2.28. The Kier molecular flexibility index (Phi) is 5.53. The number of aryl methyl sites for hydroxylation is 1. The zero-order chi connectivity index (χ0) is 17.8. The Morgan fingerprint density at radius 1 is 1.24 bits per heavy atom. The van der Waals surface area contributed by atoms with Crippen LogP contribution in [0.4, 0.5) is 0 Å². The van der Waals surface area contributed by atoms with E-state index < -0.39 is 0 Å². The molecule has 1 aliphatic rings. The smallest absolute Gasteiger partial charge is 0.336 e. The quantitative estimate of drug-likeness (QED) is 0.663. The summed E-state index contributed by atoms with van der Waals surface area (Å²) in [6, 6.07) is 7.64. The van der Waals surface area contributed by atoms with E-state index >= 15 is 0 Å². The van der Waals surface area contributed by atoms with E-state index in [1.807, 2.05) is 19.1 Å². The molecule has 1 saturated heterocycles. The fourth-order valence-electron chi connectivity index (χ4n) is 3.61. The average molecular weight is 344 g/mol. The van der Waals surface area contributed by atoms with Crippen LogP contribution in [0.25, 0.3) is 11.0 Å². The van der Waals surface area contributed by atoms with Gasteiger partial charge in [0.15, 0.2) is 0 Å². The number of likely N-dealkylation sites (tertiary alicyclic amines) is 1. The topological polar surface area (TPSA) is 61.0 Å². The normalized spacial score (nSPS) is 20.6. The second kappa shape index (κ2) is 7.83. The van der Waals surface area contributed by atoms with E-state index in [-0.39, 0.29) is 17.5 Å². The largest absolute Gasteiger partial charge is 0.466 e. The minimum absolute atomic E-state index is 0.0213. The molecule has 1 aliphatic heterocycles. The number of piperidine rings is 1.